The van der Waals surface area contributed by atoms with Crippen molar-refractivity contribution in [2.75, 3.05) is 11.9 Å². The van der Waals surface area contributed by atoms with Gasteiger partial charge in [0.15, 0.2) is 6.10 Å². The van der Waals surface area contributed by atoms with Gasteiger partial charge in [-0.15, -0.1) is 0 Å². The van der Waals surface area contributed by atoms with Crippen molar-refractivity contribution in [3.63, 3.8) is 0 Å². The van der Waals surface area contributed by atoms with E-state index in [1.807, 2.05) is 24.3 Å². The van der Waals surface area contributed by atoms with Gasteiger partial charge in [0.25, 0.3) is 11.8 Å². The fourth-order valence-corrected chi connectivity index (χ4v) is 4.03. The Balaban J connectivity index is 1.41. The number of ether oxygens (including phenoxy) is 1. The van der Waals surface area contributed by atoms with Crippen LogP contribution in [0.3, 0.4) is 0 Å². The van der Waals surface area contributed by atoms with E-state index in [0.717, 1.165) is 37.0 Å². The maximum absolute atomic E-state index is 12.7. The molecule has 1 aliphatic carbocycles. The highest BCUT2D eigenvalue weighted by molar-refractivity contribution is 5.99. The summed E-state index contributed by atoms with van der Waals surface area (Å²) >= 11 is 0. The Hall–Kier alpha value is -2.86. The van der Waals surface area contributed by atoms with Crippen LogP contribution < -0.4 is 21.1 Å². The highest BCUT2D eigenvalue weighted by Crippen LogP contribution is 2.30. The third kappa shape index (κ3) is 3.73. The number of rotatable bonds is 5. The number of carbonyl (C=O) groups excluding carboxylic acids is 2. The summed E-state index contributed by atoms with van der Waals surface area (Å²) in [6.07, 6.45) is 3.96. The second kappa shape index (κ2) is 7.64. The van der Waals surface area contributed by atoms with Gasteiger partial charge in [-0.05, 0) is 42.7 Å². The van der Waals surface area contributed by atoms with Crippen LogP contribution >= 0.6 is 0 Å². The standard InChI is InChI=1S/C22H25N3O3/c23-14-22(10-3-4-11-22)25-20(26)16-7-5-8-17(12-16)24-21(27)19-13-15-6-1-2-9-18(15)28-19/h1-2,5-9,12,19H,3-4,10-11,13-14,23H2,(H,24,27)(H,25,26). The zero-order chi connectivity index (χ0) is 19.6. The highest BCUT2D eigenvalue weighted by atomic mass is 16.5. The predicted molar refractivity (Wildman–Crippen MR) is 107 cm³/mol. The van der Waals surface area contributed by atoms with Gasteiger partial charge in [0.2, 0.25) is 0 Å². The number of para-hydroxylation sites is 1. The minimum Gasteiger partial charge on any atom is -0.480 e. The van der Waals surface area contributed by atoms with Gasteiger partial charge in [0.05, 0.1) is 5.54 Å². The third-order valence-electron chi connectivity index (χ3n) is 5.66. The van der Waals surface area contributed by atoms with E-state index in [1.165, 1.54) is 0 Å². The molecule has 2 amide bonds. The molecule has 0 aromatic heterocycles. The van der Waals surface area contributed by atoms with Crippen LogP contribution in [0, 0.1) is 0 Å². The maximum atomic E-state index is 12.7. The Morgan fingerprint density at radius 3 is 2.64 bits per heavy atom. The number of carbonyl (C=O) groups is 2. The first-order valence-corrected chi connectivity index (χ1v) is 9.77. The number of fused-ring (bicyclic) bond motifs is 1. The smallest absolute Gasteiger partial charge is 0.265 e. The molecule has 0 saturated heterocycles. The molecule has 2 aromatic carbocycles. The first-order valence-electron chi connectivity index (χ1n) is 9.77. The fourth-order valence-electron chi connectivity index (χ4n) is 4.03. The minimum atomic E-state index is -0.561. The summed E-state index contributed by atoms with van der Waals surface area (Å²) < 4.78 is 5.73. The van der Waals surface area contributed by atoms with Gasteiger partial charge < -0.3 is 21.1 Å². The van der Waals surface area contributed by atoms with E-state index in [-0.39, 0.29) is 17.4 Å². The number of hydrogen-bond donors (Lipinski definition) is 3. The topological polar surface area (TPSA) is 93.5 Å². The second-order valence-electron chi connectivity index (χ2n) is 7.63. The molecule has 1 saturated carbocycles. The molecule has 1 atom stereocenters. The van der Waals surface area contributed by atoms with Crippen LogP contribution in [0.1, 0.15) is 41.6 Å². The Bertz CT molecular complexity index is 865. The van der Waals surface area contributed by atoms with Crippen molar-refractivity contribution in [3.8, 4) is 5.75 Å². The molecule has 0 radical (unpaired) electrons. The van der Waals surface area contributed by atoms with Crippen molar-refractivity contribution >= 4 is 17.5 Å². The summed E-state index contributed by atoms with van der Waals surface area (Å²) in [4.78, 5) is 25.3. The molecule has 146 valence electrons. The van der Waals surface area contributed by atoms with E-state index in [1.54, 1.807) is 24.3 Å². The van der Waals surface area contributed by atoms with Crippen LogP contribution in [0.4, 0.5) is 5.69 Å². The van der Waals surface area contributed by atoms with E-state index in [0.29, 0.717) is 24.2 Å². The van der Waals surface area contributed by atoms with Crippen molar-refractivity contribution in [2.24, 2.45) is 5.73 Å². The molecular weight excluding hydrogens is 354 g/mol. The Morgan fingerprint density at radius 2 is 1.89 bits per heavy atom. The van der Waals surface area contributed by atoms with Gasteiger partial charge in [0.1, 0.15) is 5.75 Å². The van der Waals surface area contributed by atoms with Crippen molar-refractivity contribution in [3.05, 3.63) is 59.7 Å². The number of nitrogens with two attached hydrogens (primary N) is 1. The zero-order valence-corrected chi connectivity index (χ0v) is 15.7. The predicted octanol–water partition coefficient (Wildman–Crippen LogP) is 2.63. The molecular formula is C22H25N3O3. The molecule has 0 spiro atoms. The van der Waals surface area contributed by atoms with E-state index in [4.69, 9.17) is 10.5 Å². The van der Waals surface area contributed by atoms with Crippen LogP contribution in [0.25, 0.3) is 0 Å². The first-order chi connectivity index (χ1) is 13.6. The minimum absolute atomic E-state index is 0.159. The average molecular weight is 379 g/mol. The van der Waals surface area contributed by atoms with E-state index < -0.39 is 6.10 Å². The monoisotopic (exact) mass is 379 g/mol. The zero-order valence-electron chi connectivity index (χ0n) is 15.7. The van der Waals surface area contributed by atoms with E-state index in [2.05, 4.69) is 10.6 Å². The molecule has 1 unspecified atom stereocenters. The van der Waals surface area contributed by atoms with Crippen molar-refractivity contribution < 1.29 is 14.3 Å². The fraction of sp³-hybridized carbons (Fsp3) is 0.364. The molecule has 1 fully saturated rings. The molecule has 6 heteroatoms. The number of hydrogen-bond acceptors (Lipinski definition) is 4. The largest absolute Gasteiger partial charge is 0.480 e. The maximum Gasteiger partial charge on any atom is 0.265 e. The van der Waals surface area contributed by atoms with Crippen LogP contribution in [0.5, 0.6) is 5.75 Å². The van der Waals surface area contributed by atoms with Gasteiger partial charge in [-0.2, -0.15) is 0 Å². The van der Waals surface area contributed by atoms with Gasteiger partial charge in [-0.1, -0.05) is 37.1 Å². The second-order valence-corrected chi connectivity index (χ2v) is 7.63. The van der Waals surface area contributed by atoms with Crippen molar-refractivity contribution in [1.82, 2.24) is 5.32 Å². The summed E-state index contributed by atoms with van der Waals surface area (Å²) in [6.45, 7) is 0.439. The van der Waals surface area contributed by atoms with Gasteiger partial charge in [-0.3, -0.25) is 9.59 Å². The Labute approximate surface area is 164 Å². The molecule has 4 rings (SSSR count). The summed E-state index contributed by atoms with van der Waals surface area (Å²) in [5.41, 5.74) is 7.71. The number of anilines is 1. The van der Waals surface area contributed by atoms with E-state index >= 15 is 0 Å². The lowest BCUT2D eigenvalue weighted by Crippen LogP contribution is -2.51. The molecule has 1 aliphatic heterocycles. The first kappa shape index (κ1) is 18.5. The lowest BCUT2D eigenvalue weighted by atomic mass is 9.97. The SMILES string of the molecule is NCC1(NC(=O)c2cccc(NC(=O)C3Cc4ccccc4O3)c2)CCCC1. The molecule has 28 heavy (non-hydrogen) atoms. The average Bonchev–Trinajstić information content (AvgIpc) is 3.35. The lowest BCUT2D eigenvalue weighted by Gasteiger charge is -2.28. The molecule has 0 bridgehead atoms. The summed E-state index contributed by atoms with van der Waals surface area (Å²) in [7, 11) is 0. The lowest BCUT2D eigenvalue weighted by molar-refractivity contribution is -0.122. The van der Waals surface area contributed by atoms with Crippen LogP contribution in [0.15, 0.2) is 48.5 Å². The number of nitrogens with one attached hydrogen (secondary N) is 2. The molecule has 6 nitrogen and oxygen atoms in total. The molecule has 4 N–H and O–H groups in total. The molecule has 2 aromatic rings. The van der Waals surface area contributed by atoms with E-state index in [9.17, 15) is 9.59 Å². The van der Waals surface area contributed by atoms with Crippen LogP contribution in [-0.4, -0.2) is 30.0 Å². The summed E-state index contributed by atoms with van der Waals surface area (Å²) in [6, 6.07) is 14.6. The van der Waals surface area contributed by atoms with Gasteiger partial charge >= 0.3 is 0 Å². The van der Waals surface area contributed by atoms with Crippen LogP contribution in [0.2, 0.25) is 0 Å². The Kier molecular flexibility index (Phi) is 5.05. The third-order valence-corrected chi connectivity index (χ3v) is 5.66. The number of amides is 2. The summed E-state index contributed by atoms with van der Waals surface area (Å²) in [5.74, 6) is 0.371. The quantitative estimate of drug-likeness (QED) is 0.744. The summed E-state index contributed by atoms with van der Waals surface area (Å²) in [5, 5.41) is 5.97. The van der Waals surface area contributed by atoms with Crippen molar-refractivity contribution in [2.45, 2.75) is 43.7 Å². The van der Waals surface area contributed by atoms with Gasteiger partial charge in [0, 0.05) is 24.2 Å². The van der Waals surface area contributed by atoms with Crippen LogP contribution in [-0.2, 0) is 11.2 Å². The highest BCUT2D eigenvalue weighted by Gasteiger charge is 2.34. The van der Waals surface area contributed by atoms with Crippen molar-refractivity contribution in [1.29, 1.82) is 0 Å². The molecule has 1 heterocycles. The molecule has 2 aliphatic rings. The van der Waals surface area contributed by atoms with Gasteiger partial charge in [-0.25, -0.2) is 0 Å². The Morgan fingerprint density at radius 1 is 1.11 bits per heavy atom. The normalized spacial score (nSPS) is 19.5. The number of benzene rings is 2.